The number of sulfone groups is 1. The zero-order chi connectivity index (χ0) is 12.5. The maximum Gasteiger partial charge on any atom is 0.175 e. The molecule has 0 saturated carbocycles. The summed E-state index contributed by atoms with van der Waals surface area (Å²) in [7, 11) is -3.14. The molecule has 2 nitrogen and oxygen atoms in total. The SMILES string of the molecule is CS(=O)(=O)c1ccc(C(Cl)c2cccs2)cc1. The van der Waals surface area contributed by atoms with E-state index in [1.807, 2.05) is 17.5 Å². The van der Waals surface area contributed by atoms with Gasteiger partial charge < -0.3 is 0 Å². The Balaban J connectivity index is 2.30. The monoisotopic (exact) mass is 286 g/mol. The Morgan fingerprint density at radius 3 is 2.29 bits per heavy atom. The van der Waals surface area contributed by atoms with Crippen molar-refractivity contribution in [2.75, 3.05) is 6.26 Å². The van der Waals surface area contributed by atoms with Gasteiger partial charge >= 0.3 is 0 Å². The van der Waals surface area contributed by atoms with Gasteiger partial charge in [-0.25, -0.2) is 8.42 Å². The maximum absolute atomic E-state index is 11.3. The molecule has 0 aliphatic heterocycles. The van der Waals surface area contributed by atoms with E-state index in [1.165, 1.54) is 6.26 Å². The fourth-order valence-electron chi connectivity index (χ4n) is 1.48. The lowest BCUT2D eigenvalue weighted by Gasteiger charge is -2.08. The van der Waals surface area contributed by atoms with Gasteiger partial charge in [-0.15, -0.1) is 22.9 Å². The molecule has 0 fully saturated rings. The molecular formula is C12H11ClO2S2. The van der Waals surface area contributed by atoms with Crippen molar-refractivity contribution >= 4 is 32.8 Å². The Morgan fingerprint density at radius 1 is 1.18 bits per heavy atom. The van der Waals surface area contributed by atoms with Gasteiger partial charge in [0.15, 0.2) is 9.84 Å². The van der Waals surface area contributed by atoms with Gasteiger partial charge in [-0.1, -0.05) is 18.2 Å². The highest BCUT2D eigenvalue weighted by atomic mass is 35.5. The van der Waals surface area contributed by atoms with Crippen molar-refractivity contribution in [2.45, 2.75) is 10.3 Å². The molecule has 2 rings (SSSR count). The van der Waals surface area contributed by atoms with E-state index < -0.39 is 9.84 Å². The lowest BCUT2D eigenvalue weighted by molar-refractivity contribution is 0.602. The second kappa shape index (κ2) is 4.80. The third kappa shape index (κ3) is 2.89. The second-order valence-electron chi connectivity index (χ2n) is 3.72. The minimum Gasteiger partial charge on any atom is -0.224 e. The van der Waals surface area contributed by atoms with Gasteiger partial charge in [-0.3, -0.25) is 0 Å². The van der Waals surface area contributed by atoms with Gasteiger partial charge in [-0.05, 0) is 29.1 Å². The van der Waals surface area contributed by atoms with Crippen molar-refractivity contribution in [3.8, 4) is 0 Å². The summed E-state index contributed by atoms with van der Waals surface area (Å²) in [6.45, 7) is 0. The van der Waals surface area contributed by atoms with Crippen molar-refractivity contribution in [2.24, 2.45) is 0 Å². The molecule has 0 aliphatic carbocycles. The number of halogens is 1. The standard InChI is InChI=1S/C12H11ClO2S2/c1-17(14,15)10-6-4-9(5-7-10)12(13)11-3-2-8-16-11/h2-8,12H,1H3. The molecule has 17 heavy (non-hydrogen) atoms. The van der Waals surface area contributed by atoms with Crippen LogP contribution in [0.2, 0.25) is 0 Å². The summed E-state index contributed by atoms with van der Waals surface area (Å²) in [5, 5.41) is 1.75. The molecule has 1 atom stereocenters. The first-order chi connectivity index (χ1) is 7.98. The van der Waals surface area contributed by atoms with Gasteiger partial charge in [-0.2, -0.15) is 0 Å². The molecule has 0 aliphatic rings. The molecule has 1 aromatic carbocycles. The van der Waals surface area contributed by atoms with E-state index in [-0.39, 0.29) is 5.38 Å². The quantitative estimate of drug-likeness (QED) is 0.810. The minimum absolute atomic E-state index is 0.219. The smallest absolute Gasteiger partial charge is 0.175 e. The average Bonchev–Trinajstić information content (AvgIpc) is 2.80. The van der Waals surface area contributed by atoms with Crippen LogP contribution in [0.4, 0.5) is 0 Å². The second-order valence-corrected chi connectivity index (χ2v) is 7.15. The van der Waals surface area contributed by atoms with E-state index in [2.05, 4.69) is 0 Å². The zero-order valence-electron chi connectivity index (χ0n) is 9.13. The third-order valence-electron chi connectivity index (χ3n) is 2.39. The van der Waals surface area contributed by atoms with E-state index in [0.717, 1.165) is 10.4 Å². The van der Waals surface area contributed by atoms with Crippen LogP contribution in [-0.2, 0) is 9.84 Å². The van der Waals surface area contributed by atoms with Crippen LogP contribution in [0.25, 0.3) is 0 Å². The number of benzene rings is 1. The molecule has 90 valence electrons. The molecule has 0 spiro atoms. The number of alkyl halides is 1. The number of rotatable bonds is 3. The largest absolute Gasteiger partial charge is 0.224 e. The summed E-state index contributed by atoms with van der Waals surface area (Å²) in [5.41, 5.74) is 0.904. The Hall–Kier alpha value is -0.840. The van der Waals surface area contributed by atoms with Crippen LogP contribution in [0.1, 0.15) is 15.8 Å². The van der Waals surface area contributed by atoms with E-state index in [0.29, 0.717) is 4.90 Å². The molecular weight excluding hydrogens is 276 g/mol. The van der Waals surface area contributed by atoms with Crippen LogP contribution >= 0.6 is 22.9 Å². The lowest BCUT2D eigenvalue weighted by Crippen LogP contribution is -1.97. The topological polar surface area (TPSA) is 34.1 Å². The molecule has 2 aromatic rings. The fourth-order valence-corrected chi connectivity index (χ4v) is 3.21. The van der Waals surface area contributed by atoms with Gasteiger partial charge in [0.25, 0.3) is 0 Å². The summed E-state index contributed by atoms with van der Waals surface area (Å²) in [4.78, 5) is 1.37. The first-order valence-corrected chi connectivity index (χ1v) is 8.17. The van der Waals surface area contributed by atoms with Gasteiger partial charge in [0.1, 0.15) is 0 Å². The molecule has 5 heteroatoms. The van der Waals surface area contributed by atoms with Crippen LogP contribution in [0.5, 0.6) is 0 Å². The summed E-state index contributed by atoms with van der Waals surface area (Å²) in [6.07, 6.45) is 1.19. The van der Waals surface area contributed by atoms with Crippen molar-refractivity contribution in [1.29, 1.82) is 0 Å². The highest BCUT2D eigenvalue weighted by Crippen LogP contribution is 2.32. The molecule has 1 aromatic heterocycles. The van der Waals surface area contributed by atoms with Gasteiger partial charge in [0, 0.05) is 11.1 Å². The Labute approximate surface area is 110 Å². The van der Waals surface area contributed by atoms with Crippen molar-refractivity contribution in [3.63, 3.8) is 0 Å². The molecule has 1 unspecified atom stereocenters. The van der Waals surface area contributed by atoms with Crippen molar-refractivity contribution in [3.05, 3.63) is 52.2 Å². The first kappa shape index (κ1) is 12.6. The number of hydrogen-bond acceptors (Lipinski definition) is 3. The Bertz CT molecular complexity index is 586. The highest BCUT2D eigenvalue weighted by Gasteiger charge is 2.13. The third-order valence-corrected chi connectivity index (χ3v) is 5.08. The Morgan fingerprint density at radius 2 is 1.82 bits per heavy atom. The number of thiophene rings is 1. The highest BCUT2D eigenvalue weighted by molar-refractivity contribution is 7.90. The normalized spacial score (nSPS) is 13.5. The van der Waals surface area contributed by atoms with Crippen LogP contribution in [0, 0.1) is 0 Å². The molecule has 0 saturated heterocycles. The molecule has 0 bridgehead atoms. The van der Waals surface area contributed by atoms with Crippen molar-refractivity contribution < 1.29 is 8.42 Å². The van der Waals surface area contributed by atoms with Crippen LogP contribution in [0.3, 0.4) is 0 Å². The summed E-state index contributed by atoms with van der Waals surface area (Å²) in [6, 6.07) is 10.6. The van der Waals surface area contributed by atoms with Crippen LogP contribution in [-0.4, -0.2) is 14.7 Å². The van der Waals surface area contributed by atoms with Gasteiger partial charge in [0.05, 0.1) is 10.3 Å². The first-order valence-electron chi connectivity index (χ1n) is 4.96. The molecule has 0 amide bonds. The van der Waals surface area contributed by atoms with E-state index in [9.17, 15) is 8.42 Å². The maximum atomic E-state index is 11.3. The minimum atomic E-state index is -3.14. The van der Waals surface area contributed by atoms with E-state index in [1.54, 1.807) is 35.6 Å². The number of hydrogen-bond donors (Lipinski definition) is 0. The predicted molar refractivity (Wildman–Crippen MR) is 71.6 cm³/mol. The zero-order valence-corrected chi connectivity index (χ0v) is 11.5. The van der Waals surface area contributed by atoms with Crippen LogP contribution < -0.4 is 0 Å². The van der Waals surface area contributed by atoms with E-state index >= 15 is 0 Å². The fraction of sp³-hybridized carbons (Fsp3) is 0.167. The molecule has 0 N–H and O–H groups in total. The molecule has 0 radical (unpaired) electrons. The average molecular weight is 287 g/mol. The summed E-state index contributed by atoms with van der Waals surface area (Å²) < 4.78 is 22.6. The summed E-state index contributed by atoms with van der Waals surface area (Å²) >= 11 is 7.89. The Kier molecular flexibility index (Phi) is 3.56. The van der Waals surface area contributed by atoms with Crippen LogP contribution in [0.15, 0.2) is 46.7 Å². The van der Waals surface area contributed by atoms with Gasteiger partial charge in [0.2, 0.25) is 0 Å². The van der Waals surface area contributed by atoms with Crippen molar-refractivity contribution in [1.82, 2.24) is 0 Å². The van der Waals surface area contributed by atoms with E-state index in [4.69, 9.17) is 11.6 Å². The lowest BCUT2D eigenvalue weighted by atomic mass is 10.1. The summed E-state index contributed by atoms with van der Waals surface area (Å²) in [5.74, 6) is 0. The predicted octanol–water partition coefficient (Wildman–Crippen LogP) is 3.48. The molecule has 1 heterocycles.